The Kier molecular flexibility index (Phi) is 3.61. The van der Waals surface area contributed by atoms with Gasteiger partial charge >= 0.3 is 0 Å². The summed E-state index contributed by atoms with van der Waals surface area (Å²) < 4.78 is 0. The Morgan fingerprint density at radius 2 is 2.04 bits per heavy atom. The first kappa shape index (κ1) is 16.4. The van der Waals surface area contributed by atoms with Gasteiger partial charge in [0.25, 0.3) is 5.56 Å². The molecule has 2 atom stereocenters. The van der Waals surface area contributed by atoms with Crippen LogP contribution in [0.25, 0.3) is 27.9 Å². The second kappa shape index (κ2) is 6.16. The fourth-order valence-electron chi connectivity index (χ4n) is 3.84. The molecule has 28 heavy (non-hydrogen) atoms. The van der Waals surface area contributed by atoms with Crippen molar-refractivity contribution in [2.24, 2.45) is 5.92 Å². The van der Waals surface area contributed by atoms with Gasteiger partial charge in [-0.2, -0.15) is 5.10 Å². The summed E-state index contributed by atoms with van der Waals surface area (Å²) >= 11 is 0. The number of aliphatic hydroxyl groups excluding tert-OH is 1. The molecule has 1 aliphatic rings. The van der Waals surface area contributed by atoms with Crippen LogP contribution in [0, 0.1) is 5.92 Å². The van der Waals surface area contributed by atoms with Gasteiger partial charge in [-0.15, -0.1) is 5.10 Å². The molecule has 1 saturated carbocycles. The van der Waals surface area contributed by atoms with Crippen molar-refractivity contribution in [1.82, 2.24) is 15.2 Å². The van der Waals surface area contributed by atoms with E-state index < -0.39 is 5.56 Å². The number of hydrogen-bond acceptors (Lipinski definition) is 5. The van der Waals surface area contributed by atoms with Crippen LogP contribution in [0.1, 0.15) is 17.9 Å². The molecule has 2 heterocycles. The molecule has 0 spiro atoms. The Balaban J connectivity index is 1.52. The fourth-order valence-corrected chi connectivity index (χ4v) is 3.84. The Morgan fingerprint density at radius 1 is 1.21 bits per heavy atom. The summed E-state index contributed by atoms with van der Waals surface area (Å²) in [5, 5.41) is 21.7. The van der Waals surface area contributed by atoms with E-state index in [9.17, 15) is 14.7 Å². The van der Waals surface area contributed by atoms with Crippen molar-refractivity contribution in [2.75, 3.05) is 5.32 Å². The largest absolute Gasteiger partial charge is 0.513 e. The van der Waals surface area contributed by atoms with Crippen LogP contribution < -0.4 is 16.2 Å². The number of carbonyl (C=O) groups excluding carboxylic acids is 1. The van der Waals surface area contributed by atoms with Crippen molar-refractivity contribution < 1.29 is 9.90 Å². The Morgan fingerprint density at radius 3 is 2.82 bits per heavy atom. The van der Waals surface area contributed by atoms with Gasteiger partial charge < -0.3 is 15.4 Å². The van der Waals surface area contributed by atoms with Gasteiger partial charge in [-0.1, -0.05) is 30.3 Å². The number of nitrogens with one attached hydrogen (secondary N) is 2. The van der Waals surface area contributed by atoms with Gasteiger partial charge in [-0.25, -0.2) is 0 Å². The molecule has 0 radical (unpaired) electrons. The van der Waals surface area contributed by atoms with E-state index in [1.54, 1.807) is 12.1 Å². The SMILES string of the molecule is O=C(Nc1cc2[nH]/c(=C/O)c3cnnc(=O)c(c1)c23)C1C[C@H]1c1ccccc1. The molecule has 0 saturated heterocycles. The third-order valence-electron chi connectivity index (χ3n) is 5.28. The van der Waals surface area contributed by atoms with E-state index in [4.69, 9.17) is 0 Å². The van der Waals surface area contributed by atoms with Gasteiger partial charge in [0.1, 0.15) is 6.26 Å². The summed E-state index contributed by atoms with van der Waals surface area (Å²) in [6.45, 7) is 0. The average Bonchev–Trinajstić information content (AvgIpc) is 3.46. The quantitative estimate of drug-likeness (QED) is 0.511. The molecule has 1 fully saturated rings. The van der Waals surface area contributed by atoms with Gasteiger partial charge in [0.2, 0.25) is 5.91 Å². The molecule has 3 N–H and O–H groups in total. The van der Waals surface area contributed by atoms with E-state index in [2.05, 4.69) is 20.5 Å². The minimum Gasteiger partial charge on any atom is -0.513 e. The van der Waals surface area contributed by atoms with Gasteiger partial charge in [0.15, 0.2) is 0 Å². The van der Waals surface area contributed by atoms with E-state index in [1.165, 1.54) is 6.20 Å². The Hall–Kier alpha value is -3.74. The van der Waals surface area contributed by atoms with E-state index >= 15 is 0 Å². The van der Waals surface area contributed by atoms with Crippen molar-refractivity contribution in [3.05, 3.63) is 69.9 Å². The van der Waals surface area contributed by atoms with Crippen LogP contribution in [0.2, 0.25) is 0 Å². The van der Waals surface area contributed by atoms with Crippen molar-refractivity contribution in [1.29, 1.82) is 0 Å². The maximum Gasteiger partial charge on any atom is 0.296 e. The highest BCUT2D eigenvalue weighted by molar-refractivity contribution is 6.11. The average molecular weight is 372 g/mol. The van der Waals surface area contributed by atoms with Gasteiger partial charge in [-0.3, -0.25) is 9.59 Å². The van der Waals surface area contributed by atoms with Gasteiger partial charge in [-0.05, 0) is 30.0 Å². The minimum atomic E-state index is -0.492. The van der Waals surface area contributed by atoms with Crippen LogP contribution in [-0.2, 0) is 4.79 Å². The van der Waals surface area contributed by atoms with Gasteiger partial charge in [0, 0.05) is 27.9 Å². The second-order valence-corrected chi connectivity index (χ2v) is 7.03. The number of rotatable bonds is 3. The lowest BCUT2D eigenvalue weighted by molar-refractivity contribution is -0.117. The second-order valence-electron chi connectivity index (χ2n) is 7.03. The zero-order valence-electron chi connectivity index (χ0n) is 14.7. The van der Waals surface area contributed by atoms with E-state index in [-0.39, 0.29) is 17.7 Å². The smallest absolute Gasteiger partial charge is 0.296 e. The fraction of sp³-hybridized carbons (Fsp3) is 0.143. The van der Waals surface area contributed by atoms with Crippen LogP contribution in [0.4, 0.5) is 5.69 Å². The highest BCUT2D eigenvalue weighted by Gasteiger charge is 2.43. The van der Waals surface area contributed by atoms with Crippen molar-refractivity contribution in [3.63, 3.8) is 0 Å². The molecular weight excluding hydrogens is 356 g/mol. The lowest BCUT2D eigenvalue weighted by Crippen LogP contribution is -2.15. The summed E-state index contributed by atoms with van der Waals surface area (Å²) in [6, 6.07) is 13.3. The predicted molar refractivity (Wildman–Crippen MR) is 106 cm³/mol. The topological polar surface area (TPSA) is 108 Å². The molecule has 2 aromatic heterocycles. The molecule has 1 aliphatic carbocycles. The Bertz CT molecular complexity index is 1330. The van der Waals surface area contributed by atoms with E-state index in [0.717, 1.165) is 18.2 Å². The molecule has 138 valence electrons. The minimum absolute atomic E-state index is 0.0737. The first-order valence-electron chi connectivity index (χ1n) is 8.97. The van der Waals surface area contributed by atoms with Crippen LogP contribution in [0.15, 0.2) is 53.5 Å². The van der Waals surface area contributed by atoms with Crippen LogP contribution in [-0.4, -0.2) is 26.2 Å². The first-order valence-corrected chi connectivity index (χ1v) is 8.97. The number of anilines is 1. The molecule has 0 bridgehead atoms. The monoisotopic (exact) mass is 372 g/mol. The zero-order chi connectivity index (χ0) is 19.3. The number of aromatic amines is 1. The molecule has 5 rings (SSSR count). The molecular formula is C21H16N4O3. The number of hydrogen-bond donors (Lipinski definition) is 3. The molecule has 1 amide bonds. The highest BCUT2D eigenvalue weighted by atomic mass is 16.2. The number of amides is 1. The molecule has 2 aromatic carbocycles. The summed E-state index contributed by atoms with van der Waals surface area (Å²) in [5.41, 5.74) is 1.80. The predicted octanol–water partition coefficient (Wildman–Crippen LogP) is 2.23. The lowest BCUT2D eigenvalue weighted by atomic mass is 10.1. The van der Waals surface area contributed by atoms with Gasteiger partial charge in [0.05, 0.1) is 16.9 Å². The Labute approximate surface area is 158 Å². The zero-order valence-corrected chi connectivity index (χ0v) is 14.7. The summed E-state index contributed by atoms with van der Waals surface area (Å²) in [5.74, 6) is 0.0704. The molecule has 1 unspecified atom stereocenters. The third-order valence-corrected chi connectivity index (χ3v) is 5.28. The molecule has 7 nitrogen and oxygen atoms in total. The number of nitrogens with zero attached hydrogens (tertiary/aromatic N) is 2. The molecule has 7 heteroatoms. The van der Waals surface area contributed by atoms with E-state index in [0.29, 0.717) is 32.7 Å². The van der Waals surface area contributed by atoms with Crippen molar-refractivity contribution >= 4 is 39.5 Å². The number of carbonyl (C=O) groups is 1. The maximum absolute atomic E-state index is 12.7. The summed E-state index contributed by atoms with van der Waals surface area (Å²) in [7, 11) is 0. The number of aromatic nitrogens is 3. The highest BCUT2D eigenvalue weighted by Crippen LogP contribution is 2.47. The first-order chi connectivity index (χ1) is 13.7. The van der Waals surface area contributed by atoms with Crippen LogP contribution in [0.5, 0.6) is 0 Å². The van der Waals surface area contributed by atoms with E-state index in [1.807, 2.05) is 30.3 Å². The molecule has 0 aliphatic heterocycles. The van der Waals surface area contributed by atoms with Crippen molar-refractivity contribution in [2.45, 2.75) is 12.3 Å². The standard InChI is InChI=1S/C21H16N4O3/c26-10-18-16-9-22-25-21(28)15-6-12(7-17(24-18)19(15)16)23-20(27)14-8-13(14)11-4-2-1-3-5-11/h1-7,9-10,13-14,24,26H,8H2,(H,23,27)/b18-10+/t13-,14?/m0/s1. The summed E-state index contributed by atoms with van der Waals surface area (Å²) in [4.78, 5) is 28.1. The normalized spacial score (nSPS) is 19.2. The van der Waals surface area contributed by atoms with Crippen molar-refractivity contribution in [3.8, 4) is 0 Å². The molecule has 4 aromatic rings. The van der Waals surface area contributed by atoms with Crippen LogP contribution in [0.3, 0.4) is 0 Å². The number of aliphatic hydroxyl groups is 1. The van der Waals surface area contributed by atoms with Crippen LogP contribution >= 0.6 is 0 Å². The lowest BCUT2D eigenvalue weighted by Gasteiger charge is -2.06. The number of H-pyrrole nitrogens is 1. The maximum atomic E-state index is 12.7. The summed E-state index contributed by atoms with van der Waals surface area (Å²) in [6.07, 6.45) is 3.17. The third kappa shape index (κ3) is 2.60. The number of benzene rings is 2.